The summed E-state index contributed by atoms with van der Waals surface area (Å²) in [6.07, 6.45) is 0. The number of tetrazole rings is 1. The van der Waals surface area contributed by atoms with E-state index in [1.807, 2.05) is 0 Å². The van der Waals surface area contributed by atoms with Crippen LogP contribution in [-0.2, 0) is 6.54 Å². The van der Waals surface area contributed by atoms with E-state index in [0.717, 1.165) is 0 Å². The van der Waals surface area contributed by atoms with Gasteiger partial charge in [-0.1, -0.05) is 29.2 Å². The fourth-order valence-electron chi connectivity index (χ4n) is 1.44. The molecule has 0 aliphatic carbocycles. The number of hydrogen-bond acceptors (Lipinski definition) is 5. The second-order valence-corrected chi connectivity index (χ2v) is 3.52. The van der Waals surface area contributed by atoms with Gasteiger partial charge in [0.05, 0.1) is 12.1 Å². The first-order valence-corrected chi connectivity index (χ1v) is 5.50. The number of aliphatic hydroxyl groups excluding tert-OH is 1. The van der Waals surface area contributed by atoms with Crippen LogP contribution in [0.2, 0.25) is 0 Å². The molecule has 2 rings (SSSR count). The highest BCUT2D eigenvalue weighted by Crippen LogP contribution is 2.07. The van der Waals surface area contributed by atoms with Gasteiger partial charge in [-0.15, -0.1) is 10.2 Å². The zero-order chi connectivity index (χ0) is 13.5. The van der Waals surface area contributed by atoms with Crippen LogP contribution in [0.3, 0.4) is 0 Å². The van der Waals surface area contributed by atoms with Crippen molar-refractivity contribution in [3.05, 3.63) is 41.2 Å². The summed E-state index contributed by atoms with van der Waals surface area (Å²) < 4.78 is 0. The molecule has 7 nitrogen and oxygen atoms in total. The highest BCUT2D eigenvalue weighted by molar-refractivity contribution is 5.96. The van der Waals surface area contributed by atoms with E-state index >= 15 is 0 Å². The third kappa shape index (κ3) is 3.37. The maximum Gasteiger partial charge on any atom is 0.252 e. The average molecular weight is 257 g/mol. The Labute approximate surface area is 109 Å². The fraction of sp³-hybridized carbons (Fsp3) is 0.167. The second kappa shape index (κ2) is 6.28. The van der Waals surface area contributed by atoms with E-state index in [9.17, 15) is 4.79 Å². The summed E-state index contributed by atoms with van der Waals surface area (Å²) in [4.78, 5) is 12.0. The minimum atomic E-state index is -0.285. The first-order valence-electron chi connectivity index (χ1n) is 5.50. The van der Waals surface area contributed by atoms with Crippen LogP contribution in [-0.4, -0.2) is 38.2 Å². The molecule has 0 unspecified atom stereocenters. The standard InChI is InChI=1S/C12H11N5O2/c18-7-3-5-9-4-1-2-6-10(9)12(19)13-8-11-14-16-17-15-11/h1-2,4,6,18H,7-8H2,(H,13,19)(H,14,15,16,17). The Bertz CT molecular complexity index is 613. The molecule has 2 aromatic rings. The Morgan fingerprint density at radius 1 is 1.42 bits per heavy atom. The molecule has 7 heteroatoms. The minimum absolute atomic E-state index is 0.178. The summed E-state index contributed by atoms with van der Waals surface area (Å²) in [5.74, 6) is 5.35. The van der Waals surface area contributed by atoms with Gasteiger partial charge in [0.1, 0.15) is 6.61 Å². The van der Waals surface area contributed by atoms with Gasteiger partial charge in [-0.3, -0.25) is 4.79 Å². The molecule has 0 saturated carbocycles. The number of carbonyl (C=O) groups excluding carboxylic acids is 1. The molecule has 0 atom stereocenters. The van der Waals surface area contributed by atoms with Gasteiger partial charge >= 0.3 is 0 Å². The molecule has 1 aromatic carbocycles. The quantitative estimate of drug-likeness (QED) is 0.641. The summed E-state index contributed by atoms with van der Waals surface area (Å²) in [6.45, 7) is -0.0735. The van der Waals surface area contributed by atoms with Crippen molar-refractivity contribution in [2.45, 2.75) is 6.54 Å². The molecule has 96 valence electrons. The molecule has 19 heavy (non-hydrogen) atoms. The maximum absolute atomic E-state index is 12.0. The molecule has 0 aliphatic heterocycles. The molecule has 1 amide bonds. The Hall–Kier alpha value is -2.72. The lowest BCUT2D eigenvalue weighted by Gasteiger charge is -2.04. The summed E-state index contributed by atoms with van der Waals surface area (Å²) in [5.41, 5.74) is 0.995. The van der Waals surface area contributed by atoms with Crippen molar-refractivity contribution < 1.29 is 9.90 Å². The monoisotopic (exact) mass is 257 g/mol. The smallest absolute Gasteiger partial charge is 0.252 e. The number of benzene rings is 1. The van der Waals surface area contributed by atoms with Crippen molar-refractivity contribution in [3.8, 4) is 11.8 Å². The second-order valence-electron chi connectivity index (χ2n) is 3.52. The summed E-state index contributed by atoms with van der Waals surface area (Å²) in [7, 11) is 0. The number of H-pyrrole nitrogens is 1. The molecule has 0 fully saturated rings. The first-order chi connectivity index (χ1) is 9.31. The number of carbonyl (C=O) groups is 1. The molecule has 1 aromatic heterocycles. The highest BCUT2D eigenvalue weighted by atomic mass is 16.2. The molecular formula is C12H11N5O2. The first kappa shape index (κ1) is 12.7. The summed E-state index contributed by atoms with van der Waals surface area (Å²) in [5, 5.41) is 24.5. The fourth-order valence-corrected chi connectivity index (χ4v) is 1.44. The third-order valence-electron chi connectivity index (χ3n) is 2.27. The van der Waals surface area contributed by atoms with Gasteiger partial charge in [0.25, 0.3) is 5.91 Å². The van der Waals surface area contributed by atoms with Crippen LogP contribution in [0.5, 0.6) is 0 Å². The number of aromatic nitrogens is 4. The van der Waals surface area contributed by atoms with E-state index in [1.165, 1.54) is 0 Å². The van der Waals surface area contributed by atoms with E-state index in [0.29, 0.717) is 17.0 Å². The van der Waals surface area contributed by atoms with Crippen LogP contribution in [0.1, 0.15) is 21.7 Å². The van der Waals surface area contributed by atoms with E-state index in [4.69, 9.17) is 5.11 Å². The summed E-state index contributed by atoms with van der Waals surface area (Å²) in [6, 6.07) is 6.89. The van der Waals surface area contributed by atoms with Gasteiger partial charge in [0.15, 0.2) is 5.82 Å². The topological polar surface area (TPSA) is 104 Å². The molecule has 0 spiro atoms. The van der Waals surface area contributed by atoms with Crippen molar-refractivity contribution in [1.82, 2.24) is 25.9 Å². The molecule has 1 heterocycles. The van der Waals surface area contributed by atoms with Crippen molar-refractivity contribution >= 4 is 5.91 Å². The van der Waals surface area contributed by atoms with Crippen LogP contribution in [0.4, 0.5) is 0 Å². The van der Waals surface area contributed by atoms with Crippen LogP contribution >= 0.6 is 0 Å². The molecular weight excluding hydrogens is 246 g/mol. The van der Waals surface area contributed by atoms with E-state index < -0.39 is 0 Å². The van der Waals surface area contributed by atoms with Gasteiger partial charge in [-0.2, -0.15) is 5.21 Å². The van der Waals surface area contributed by atoms with Crippen LogP contribution in [0.25, 0.3) is 0 Å². The lowest BCUT2D eigenvalue weighted by molar-refractivity contribution is 0.0949. The number of nitrogens with one attached hydrogen (secondary N) is 2. The number of amides is 1. The number of rotatable bonds is 3. The van der Waals surface area contributed by atoms with Crippen molar-refractivity contribution in [2.75, 3.05) is 6.61 Å². The summed E-state index contributed by atoms with van der Waals surface area (Å²) >= 11 is 0. The van der Waals surface area contributed by atoms with Gasteiger partial charge in [0, 0.05) is 5.56 Å². The van der Waals surface area contributed by atoms with Crippen LogP contribution < -0.4 is 5.32 Å². The maximum atomic E-state index is 12.0. The Balaban J connectivity index is 2.10. The Kier molecular flexibility index (Phi) is 4.21. The number of nitrogens with zero attached hydrogens (tertiary/aromatic N) is 3. The number of aliphatic hydroxyl groups is 1. The van der Waals surface area contributed by atoms with E-state index in [-0.39, 0.29) is 19.1 Å². The van der Waals surface area contributed by atoms with Crippen LogP contribution in [0, 0.1) is 11.8 Å². The lowest BCUT2D eigenvalue weighted by Crippen LogP contribution is -2.24. The predicted molar refractivity (Wildman–Crippen MR) is 65.8 cm³/mol. The molecule has 0 aliphatic rings. The van der Waals surface area contributed by atoms with Crippen LogP contribution in [0.15, 0.2) is 24.3 Å². The van der Waals surface area contributed by atoms with E-state index in [2.05, 4.69) is 37.8 Å². The molecule has 0 bridgehead atoms. The van der Waals surface area contributed by atoms with Gasteiger partial charge in [0.2, 0.25) is 0 Å². The average Bonchev–Trinajstić information content (AvgIpc) is 2.96. The minimum Gasteiger partial charge on any atom is -0.384 e. The largest absolute Gasteiger partial charge is 0.384 e. The van der Waals surface area contributed by atoms with Gasteiger partial charge in [-0.25, -0.2) is 0 Å². The Morgan fingerprint density at radius 3 is 3.00 bits per heavy atom. The van der Waals surface area contributed by atoms with E-state index in [1.54, 1.807) is 24.3 Å². The SMILES string of the molecule is O=C(NCc1nn[nH]n1)c1ccccc1C#CCO. The number of hydrogen-bond donors (Lipinski definition) is 3. The molecule has 0 radical (unpaired) electrons. The molecule has 3 N–H and O–H groups in total. The van der Waals surface area contributed by atoms with Crippen molar-refractivity contribution in [3.63, 3.8) is 0 Å². The normalized spacial score (nSPS) is 9.53. The third-order valence-corrected chi connectivity index (χ3v) is 2.27. The molecule has 0 saturated heterocycles. The van der Waals surface area contributed by atoms with Crippen molar-refractivity contribution in [2.24, 2.45) is 0 Å². The Morgan fingerprint density at radius 2 is 2.26 bits per heavy atom. The zero-order valence-electron chi connectivity index (χ0n) is 9.92. The lowest BCUT2D eigenvalue weighted by atomic mass is 10.1. The van der Waals surface area contributed by atoms with Gasteiger partial charge < -0.3 is 10.4 Å². The number of aromatic amines is 1. The zero-order valence-corrected chi connectivity index (χ0v) is 9.92. The predicted octanol–water partition coefficient (Wildman–Crippen LogP) is -0.527. The van der Waals surface area contributed by atoms with Crippen molar-refractivity contribution in [1.29, 1.82) is 0 Å². The highest BCUT2D eigenvalue weighted by Gasteiger charge is 2.10. The van der Waals surface area contributed by atoms with Gasteiger partial charge in [-0.05, 0) is 12.1 Å².